The summed E-state index contributed by atoms with van der Waals surface area (Å²) in [4.78, 5) is 24.4. The summed E-state index contributed by atoms with van der Waals surface area (Å²) in [5, 5.41) is 0. The minimum atomic E-state index is -0.385. The summed E-state index contributed by atoms with van der Waals surface area (Å²) in [5.74, 6) is -0.166. The van der Waals surface area contributed by atoms with E-state index in [2.05, 4.69) is 15.0 Å². The molecule has 0 aliphatic rings. The molecule has 0 spiro atoms. The molecule has 0 saturated heterocycles. The van der Waals surface area contributed by atoms with Crippen molar-refractivity contribution in [1.82, 2.24) is 19.5 Å². The molecule has 0 radical (unpaired) electrons. The van der Waals surface area contributed by atoms with E-state index >= 15 is 0 Å². The summed E-state index contributed by atoms with van der Waals surface area (Å²) in [6.07, 6.45) is 0. The average molecular weight is 357 g/mol. The number of imidazole rings is 1. The number of aromatic nitrogens is 4. The number of esters is 1. The smallest absolute Gasteiger partial charge is 0.337 e. The topological polar surface area (TPSA) is 114 Å². The largest absolute Gasteiger partial charge is 0.468 e. The lowest BCUT2D eigenvalue weighted by Gasteiger charge is -2.09. The molecule has 0 saturated carbocycles. The van der Waals surface area contributed by atoms with Gasteiger partial charge in [0, 0.05) is 0 Å². The summed E-state index contributed by atoms with van der Waals surface area (Å²) in [6, 6.07) is 7.58. The number of nitrogens with zero attached hydrogens (tertiary/aromatic N) is 4. The average Bonchev–Trinajstić information content (AvgIpc) is 3.00. The molecule has 0 fully saturated rings. The highest BCUT2D eigenvalue weighted by molar-refractivity contribution is 5.89. The van der Waals surface area contributed by atoms with Gasteiger partial charge >= 0.3 is 12.0 Å². The van der Waals surface area contributed by atoms with Gasteiger partial charge in [-0.25, -0.2) is 4.79 Å². The number of benzene rings is 1. The molecule has 3 aromatic rings. The van der Waals surface area contributed by atoms with Crippen molar-refractivity contribution in [3.8, 4) is 12.0 Å². The van der Waals surface area contributed by atoms with Crippen molar-refractivity contribution in [3.63, 3.8) is 0 Å². The van der Waals surface area contributed by atoms with E-state index in [0.29, 0.717) is 35.9 Å². The second-order valence-electron chi connectivity index (χ2n) is 5.37. The number of hydrogen-bond acceptors (Lipinski definition) is 8. The highest BCUT2D eigenvalue weighted by Gasteiger charge is 2.18. The predicted molar refractivity (Wildman–Crippen MR) is 94.3 cm³/mol. The second kappa shape index (κ2) is 7.26. The molecule has 0 atom stereocenters. The third-order valence-electron chi connectivity index (χ3n) is 3.74. The number of methoxy groups -OCH3 is 2. The fourth-order valence-electron chi connectivity index (χ4n) is 2.52. The lowest BCUT2D eigenvalue weighted by Crippen LogP contribution is -2.07. The molecule has 0 amide bonds. The van der Waals surface area contributed by atoms with Crippen LogP contribution in [0.15, 0.2) is 24.3 Å². The molecule has 0 unspecified atom stereocenters. The van der Waals surface area contributed by atoms with Crippen LogP contribution in [0.4, 0.5) is 5.82 Å². The molecule has 1 aromatic carbocycles. The Morgan fingerprint density at radius 2 is 1.88 bits per heavy atom. The first-order chi connectivity index (χ1) is 12.6. The van der Waals surface area contributed by atoms with Crippen molar-refractivity contribution in [2.75, 3.05) is 26.6 Å². The fraction of sp³-hybridized carbons (Fsp3) is 0.294. The molecule has 0 aliphatic heterocycles. The van der Waals surface area contributed by atoms with E-state index in [1.807, 2.05) is 19.1 Å². The Labute approximate surface area is 149 Å². The number of rotatable bonds is 6. The molecule has 136 valence electrons. The minimum absolute atomic E-state index is 0.183. The standard InChI is InChI=1S/C17H19N5O4/c1-4-26-16-20-13(18)12-14(21-16)22(17(19-12)25-3)9-10-5-7-11(8-6-10)15(23)24-2/h5-8H,4,9H2,1-3H3,(H2,18,20,21). The highest BCUT2D eigenvalue weighted by Crippen LogP contribution is 2.26. The number of nitrogens with two attached hydrogens (primary N) is 1. The van der Waals surface area contributed by atoms with Gasteiger partial charge < -0.3 is 19.9 Å². The molecule has 2 heterocycles. The Morgan fingerprint density at radius 3 is 2.50 bits per heavy atom. The van der Waals surface area contributed by atoms with E-state index in [1.165, 1.54) is 14.2 Å². The van der Waals surface area contributed by atoms with Crippen LogP contribution in [-0.4, -0.2) is 46.3 Å². The number of nitrogen functional groups attached to an aromatic ring is 1. The zero-order valence-corrected chi connectivity index (χ0v) is 14.7. The van der Waals surface area contributed by atoms with Crippen LogP contribution in [0.2, 0.25) is 0 Å². The van der Waals surface area contributed by atoms with Crippen molar-refractivity contribution in [2.24, 2.45) is 0 Å². The number of carbonyl (C=O) groups is 1. The first kappa shape index (κ1) is 17.5. The van der Waals surface area contributed by atoms with Crippen LogP contribution in [0.5, 0.6) is 12.0 Å². The van der Waals surface area contributed by atoms with Gasteiger partial charge in [-0.3, -0.25) is 4.57 Å². The second-order valence-corrected chi connectivity index (χ2v) is 5.37. The van der Waals surface area contributed by atoms with E-state index < -0.39 is 0 Å². The predicted octanol–water partition coefficient (Wildman–Crippen LogP) is 1.65. The molecular formula is C17H19N5O4. The monoisotopic (exact) mass is 357 g/mol. The van der Waals surface area contributed by atoms with Gasteiger partial charge in [-0.2, -0.15) is 15.0 Å². The Hall–Kier alpha value is -3.36. The van der Waals surface area contributed by atoms with Crippen LogP contribution in [0.3, 0.4) is 0 Å². The molecule has 0 aliphatic carbocycles. The van der Waals surface area contributed by atoms with E-state index in [1.54, 1.807) is 16.7 Å². The van der Waals surface area contributed by atoms with Gasteiger partial charge in [0.2, 0.25) is 0 Å². The van der Waals surface area contributed by atoms with Crippen molar-refractivity contribution in [2.45, 2.75) is 13.5 Å². The number of carbonyl (C=O) groups excluding carboxylic acids is 1. The zero-order valence-electron chi connectivity index (χ0n) is 14.7. The summed E-state index contributed by atoms with van der Waals surface area (Å²) < 4.78 is 17.2. The summed E-state index contributed by atoms with van der Waals surface area (Å²) >= 11 is 0. The summed E-state index contributed by atoms with van der Waals surface area (Å²) in [7, 11) is 2.87. The van der Waals surface area contributed by atoms with Gasteiger partial charge in [0.05, 0.1) is 32.9 Å². The Bertz CT molecular complexity index is 936. The maximum Gasteiger partial charge on any atom is 0.337 e. The van der Waals surface area contributed by atoms with Crippen LogP contribution in [-0.2, 0) is 11.3 Å². The van der Waals surface area contributed by atoms with Gasteiger partial charge in [-0.1, -0.05) is 12.1 Å². The Kier molecular flexibility index (Phi) is 4.87. The Morgan fingerprint density at radius 1 is 1.15 bits per heavy atom. The van der Waals surface area contributed by atoms with E-state index in [9.17, 15) is 4.79 Å². The zero-order chi connectivity index (χ0) is 18.7. The first-order valence-electron chi connectivity index (χ1n) is 7.95. The van der Waals surface area contributed by atoms with Crippen LogP contribution in [0.25, 0.3) is 11.2 Å². The summed E-state index contributed by atoms with van der Waals surface area (Å²) in [6.45, 7) is 2.68. The van der Waals surface area contributed by atoms with Crippen molar-refractivity contribution < 1.29 is 19.0 Å². The van der Waals surface area contributed by atoms with E-state index in [4.69, 9.17) is 19.9 Å². The van der Waals surface area contributed by atoms with E-state index in [0.717, 1.165) is 5.56 Å². The quantitative estimate of drug-likeness (QED) is 0.662. The van der Waals surface area contributed by atoms with Crippen molar-refractivity contribution in [3.05, 3.63) is 35.4 Å². The molecule has 2 N–H and O–H groups in total. The molecule has 3 rings (SSSR count). The molecule has 26 heavy (non-hydrogen) atoms. The molecule has 9 nitrogen and oxygen atoms in total. The van der Waals surface area contributed by atoms with Crippen LogP contribution < -0.4 is 15.2 Å². The maximum absolute atomic E-state index is 11.6. The lowest BCUT2D eigenvalue weighted by atomic mass is 10.1. The highest BCUT2D eigenvalue weighted by atomic mass is 16.5. The molecule has 0 bridgehead atoms. The molecular weight excluding hydrogens is 338 g/mol. The summed E-state index contributed by atoms with van der Waals surface area (Å²) in [5.41, 5.74) is 8.32. The van der Waals surface area contributed by atoms with Gasteiger partial charge in [-0.15, -0.1) is 0 Å². The van der Waals surface area contributed by atoms with Gasteiger partial charge in [0.15, 0.2) is 17.0 Å². The van der Waals surface area contributed by atoms with Crippen molar-refractivity contribution in [1.29, 1.82) is 0 Å². The molecule has 9 heteroatoms. The van der Waals surface area contributed by atoms with E-state index in [-0.39, 0.29) is 17.8 Å². The minimum Gasteiger partial charge on any atom is -0.468 e. The van der Waals surface area contributed by atoms with Gasteiger partial charge in [0.1, 0.15) is 0 Å². The van der Waals surface area contributed by atoms with Crippen LogP contribution in [0.1, 0.15) is 22.8 Å². The Balaban J connectivity index is 2.01. The fourth-order valence-corrected chi connectivity index (χ4v) is 2.52. The van der Waals surface area contributed by atoms with Gasteiger partial charge in [-0.05, 0) is 24.6 Å². The SMILES string of the molecule is CCOc1nc(N)c2nc(OC)n(Cc3ccc(C(=O)OC)cc3)c2n1. The van der Waals surface area contributed by atoms with Crippen LogP contribution in [0, 0.1) is 0 Å². The van der Waals surface area contributed by atoms with Gasteiger partial charge in [0.25, 0.3) is 6.01 Å². The normalized spacial score (nSPS) is 10.7. The first-order valence-corrected chi connectivity index (χ1v) is 7.95. The molecule has 2 aromatic heterocycles. The lowest BCUT2D eigenvalue weighted by molar-refractivity contribution is 0.0600. The number of anilines is 1. The van der Waals surface area contributed by atoms with Crippen LogP contribution >= 0.6 is 0 Å². The number of fused-ring (bicyclic) bond motifs is 1. The third kappa shape index (κ3) is 3.23. The number of hydrogen-bond donors (Lipinski definition) is 1. The third-order valence-corrected chi connectivity index (χ3v) is 3.74. The van der Waals surface area contributed by atoms with Crippen molar-refractivity contribution >= 4 is 23.0 Å². The maximum atomic E-state index is 11.6. The number of ether oxygens (including phenoxy) is 3.